The molecule has 1 aliphatic heterocycles. The van der Waals surface area contributed by atoms with Crippen molar-refractivity contribution in [2.75, 3.05) is 18.6 Å². The van der Waals surface area contributed by atoms with Gasteiger partial charge in [-0.3, -0.25) is 0 Å². The van der Waals surface area contributed by atoms with E-state index in [0.29, 0.717) is 5.75 Å². The molecule has 0 saturated heterocycles. The van der Waals surface area contributed by atoms with Gasteiger partial charge in [-0.25, -0.2) is 0 Å². The minimum absolute atomic E-state index is 0.0466. The molecular formula is C19H16N4OS. The fourth-order valence-electron chi connectivity index (χ4n) is 3.75. The van der Waals surface area contributed by atoms with E-state index < -0.39 is 11.3 Å². The van der Waals surface area contributed by atoms with E-state index in [4.69, 9.17) is 10.5 Å². The average molecular weight is 348 g/mol. The highest BCUT2D eigenvalue weighted by Crippen LogP contribution is 2.56. The molecule has 6 heteroatoms. The first-order valence-corrected chi connectivity index (χ1v) is 8.94. The molecule has 2 unspecified atom stereocenters. The molecular weight excluding hydrogens is 332 g/mol. The van der Waals surface area contributed by atoms with E-state index in [0.717, 1.165) is 22.6 Å². The maximum atomic E-state index is 9.95. The standard InChI is InChI=1S/C19H16N4OS/c1-24-16-5-3-2-4-13(16)17-15-9-25-7-6-12(15)14(8-20)18(23)19(17,10-21)11-22/h2-6,15,17H,7,9,23H2,1H3. The first kappa shape index (κ1) is 17.0. The van der Waals surface area contributed by atoms with Gasteiger partial charge in [-0.05, 0) is 11.6 Å². The van der Waals surface area contributed by atoms with Crippen molar-refractivity contribution in [3.05, 3.63) is 52.7 Å². The van der Waals surface area contributed by atoms with Crippen molar-refractivity contribution in [3.8, 4) is 24.0 Å². The summed E-state index contributed by atoms with van der Waals surface area (Å²) in [6, 6.07) is 13.8. The van der Waals surface area contributed by atoms with Gasteiger partial charge in [-0.2, -0.15) is 27.5 Å². The van der Waals surface area contributed by atoms with Crippen LogP contribution in [0.15, 0.2) is 47.2 Å². The van der Waals surface area contributed by atoms with Crippen LogP contribution < -0.4 is 10.5 Å². The summed E-state index contributed by atoms with van der Waals surface area (Å²) < 4.78 is 5.48. The number of fused-ring (bicyclic) bond motifs is 1. The average Bonchev–Trinajstić information content (AvgIpc) is 2.67. The highest BCUT2D eigenvalue weighted by atomic mass is 32.2. The van der Waals surface area contributed by atoms with Crippen molar-refractivity contribution in [2.45, 2.75) is 5.92 Å². The van der Waals surface area contributed by atoms with Gasteiger partial charge < -0.3 is 10.5 Å². The monoisotopic (exact) mass is 348 g/mol. The van der Waals surface area contributed by atoms with Crippen LogP contribution in [0, 0.1) is 45.3 Å². The smallest absolute Gasteiger partial charge is 0.191 e. The summed E-state index contributed by atoms with van der Waals surface area (Å²) >= 11 is 1.72. The lowest BCUT2D eigenvalue weighted by molar-refractivity contribution is 0.344. The molecule has 0 aromatic heterocycles. The number of allylic oxidation sites excluding steroid dienone is 3. The summed E-state index contributed by atoms with van der Waals surface area (Å²) in [7, 11) is 1.56. The van der Waals surface area contributed by atoms with Crippen molar-refractivity contribution in [1.29, 1.82) is 15.8 Å². The van der Waals surface area contributed by atoms with Gasteiger partial charge in [0.1, 0.15) is 11.8 Å². The van der Waals surface area contributed by atoms with Crippen molar-refractivity contribution in [1.82, 2.24) is 0 Å². The molecule has 0 radical (unpaired) electrons. The van der Waals surface area contributed by atoms with Gasteiger partial charge in [0.15, 0.2) is 5.41 Å². The molecule has 0 amide bonds. The van der Waals surface area contributed by atoms with Gasteiger partial charge in [0.2, 0.25) is 0 Å². The summed E-state index contributed by atoms with van der Waals surface area (Å²) in [6.45, 7) is 0. The molecule has 5 nitrogen and oxygen atoms in total. The predicted octanol–water partition coefficient (Wildman–Crippen LogP) is 2.85. The lowest BCUT2D eigenvalue weighted by atomic mass is 9.59. The van der Waals surface area contributed by atoms with Gasteiger partial charge in [0.25, 0.3) is 0 Å². The quantitative estimate of drug-likeness (QED) is 0.880. The van der Waals surface area contributed by atoms with Gasteiger partial charge in [0.05, 0.1) is 30.5 Å². The number of thioether (sulfide) groups is 1. The Morgan fingerprint density at radius 3 is 2.60 bits per heavy atom. The number of rotatable bonds is 2. The fraction of sp³-hybridized carbons (Fsp3) is 0.316. The van der Waals surface area contributed by atoms with Crippen molar-refractivity contribution in [3.63, 3.8) is 0 Å². The molecule has 2 atom stereocenters. The summed E-state index contributed by atoms with van der Waals surface area (Å²) in [6.07, 6.45) is 1.99. The van der Waals surface area contributed by atoms with Crippen LogP contribution in [0.2, 0.25) is 0 Å². The second-order valence-electron chi connectivity index (χ2n) is 5.96. The zero-order valence-electron chi connectivity index (χ0n) is 13.7. The fourth-order valence-corrected chi connectivity index (χ4v) is 4.81. The van der Waals surface area contributed by atoms with Crippen LogP contribution in [0.25, 0.3) is 0 Å². The Balaban J connectivity index is 2.36. The summed E-state index contributed by atoms with van der Waals surface area (Å²) in [4.78, 5) is 0. The maximum Gasteiger partial charge on any atom is 0.191 e. The predicted molar refractivity (Wildman–Crippen MR) is 95.1 cm³/mol. The summed E-state index contributed by atoms with van der Waals surface area (Å²) in [5, 5.41) is 29.5. The Labute approximate surface area is 151 Å². The van der Waals surface area contributed by atoms with Crippen molar-refractivity contribution in [2.24, 2.45) is 17.1 Å². The number of nitrogens with zero attached hydrogens (tertiary/aromatic N) is 3. The van der Waals surface area contributed by atoms with E-state index in [1.165, 1.54) is 0 Å². The molecule has 2 aliphatic rings. The molecule has 0 spiro atoms. The lowest BCUT2D eigenvalue weighted by Gasteiger charge is -2.43. The number of ether oxygens (including phenoxy) is 1. The maximum absolute atomic E-state index is 9.95. The minimum atomic E-state index is -1.60. The highest BCUT2D eigenvalue weighted by Gasteiger charge is 2.54. The normalized spacial score (nSPS) is 24.2. The van der Waals surface area contributed by atoms with Crippen LogP contribution in [-0.2, 0) is 0 Å². The number of hydrogen-bond donors (Lipinski definition) is 1. The van der Waals surface area contributed by atoms with Crippen LogP contribution in [0.1, 0.15) is 11.5 Å². The SMILES string of the molecule is COc1ccccc1C1C2CSCC=C2C(C#N)=C(N)C1(C#N)C#N. The van der Waals surface area contributed by atoms with Gasteiger partial charge >= 0.3 is 0 Å². The third kappa shape index (κ3) is 2.37. The molecule has 1 aliphatic carbocycles. The molecule has 1 heterocycles. The van der Waals surface area contributed by atoms with Gasteiger partial charge in [0, 0.05) is 28.9 Å². The first-order valence-electron chi connectivity index (χ1n) is 7.78. The van der Waals surface area contributed by atoms with E-state index in [1.807, 2.05) is 30.3 Å². The third-order valence-corrected chi connectivity index (χ3v) is 5.91. The van der Waals surface area contributed by atoms with Crippen LogP contribution in [-0.4, -0.2) is 18.6 Å². The molecule has 124 valence electrons. The van der Waals surface area contributed by atoms with Crippen molar-refractivity contribution < 1.29 is 4.74 Å². The van der Waals surface area contributed by atoms with Crippen LogP contribution in [0.5, 0.6) is 5.75 Å². The van der Waals surface area contributed by atoms with Gasteiger partial charge in [-0.15, -0.1) is 0 Å². The van der Waals surface area contributed by atoms with Crippen LogP contribution >= 0.6 is 11.8 Å². The minimum Gasteiger partial charge on any atom is -0.496 e. The number of hydrogen-bond acceptors (Lipinski definition) is 6. The molecule has 2 N–H and O–H groups in total. The number of methoxy groups -OCH3 is 1. The number of nitriles is 3. The zero-order valence-corrected chi connectivity index (χ0v) is 14.5. The van der Waals surface area contributed by atoms with E-state index in [2.05, 4.69) is 18.2 Å². The second-order valence-corrected chi connectivity index (χ2v) is 7.03. The Morgan fingerprint density at radius 1 is 1.24 bits per heavy atom. The third-order valence-electron chi connectivity index (χ3n) is 4.91. The molecule has 1 aromatic rings. The second kappa shape index (κ2) is 6.55. The molecule has 0 bridgehead atoms. The molecule has 0 saturated carbocycles. The molecule has 25 heavy (non-hydrogen) atoms. The first-order chi connectivity index (χ1) is 12.1. The highest BCUT2D eigenvalue weighted by molar-refractivity contribution is 7.99. The molecule has 0 fully saturated rings. The lowest BCUT2D eigenvalue weighted by Crippen LogP contribution is -2.43. The number of para-hydroxylation sites is 1. The largest absolute Gasteiger partial charge is 0.496 e. The topological polar surface area (TPSA) is 107 Å². The van der Waals surface area contributed by atoms with E-state index >= 15 is 0 Å². The van der Waals surface area contributed by atoms with E-state index in [1.54, 1.807) is 18.9 Å². The summed E-state index contributed by atoms with van der Waals surface area (Å²) in [5.74, 6) is 1.49. The summed E-state index contributed by atoms with van der Waals surface area (Å²) in [5.41, 5.74) is 6.58. The Morgan fingerprint density at radius 2 is 1.96 bits per heavy atom. The van der Waals surface area contributed by atoms with Gasteiger partial charge in [-0.1, -0.05) is 24.3 Å². The molecule has 1 aromatic carbocycles. The Hall–Kier alpha value is -2.88. The molecule has 3 rings (SSSR count). The van der Waals surface area contributed by atoms with Crippen LogP contribution in [0.4, 0.5) is 0 Å². The number of nitrogens with two attached hydrogens (primary N) is 1. The van der Waals surface area contributed by atoms with E-state index in [9.17, 15) is 15.8 Å². The van der Waals surface area contributed by atoms with Crippen LogP contribution in [0.3, 0.4) is 0 Å². The number of benzene rings is 1. The van der Waals surface area contributed by atoms with E-state index in [-0.39, 0.29) is 17.2 Å². The zero-order chi connectivity index (χ0) is 18.0. The Kier molecular flexibility index (Phi) is 4.45. The van der Waals surface area contributed by atoms with Crippen molar-refractivity contribution >= 4 is 11.8 Å². The Bertz CT molecular complexity index is 883.